The van der Waals surface area contributed by atoms with Gasteiger partial charge in [0.25, 0.3) is 0 Å². The minimum atomic E-state index is 0.215. The summed E-state index contributed by atoms with van der Waals surface area (Å²) in [5, 5.41) is 8.97. The van der Waals surface area contributed by atoms with Gasteiger partial charge >= 0.3 is 0 Å². The smallest absolute Gasteiger partial charge is 0.129 e. The van der Waals surface area contributed by atoms with Crippen molar-refractivity contribution in [1.82, 2.24) is 4.90 Å². The van der Waals surface area contributed by atoms with Crippen molar-refractivity contribution >= 4 is 17.2 Å². The van der Waals surface area contributed by atoms with Crippen LogP contribution in [0, 0.1) is 0 Å². The first-order valence-electron chi connectivity index (χ1n) is 6.81. The van der Waals surface area contributed by atoms with Crippen molar-refractivity contribution < 1.29 is 9.84 Å². The van der Waals surface area contributed by atoms with Crippen LogP contribution in [0.4, 0.5) is 0 Å². The van der Waals surface area contributed by atoms with E-state index in [0.29, 0.717) is 16.8 Å². The zero-order chi connectivity index (χ0) is 15.1. The van der Waals surface area contributed by atoms with E-state index in [1.165, 1.54) is 0 Å². The minimum Gasteiger partial charge on any atom is -0.496 e. The lowest BCUT2D eigenvalue weighted by molar-refractivity contribution is 0.184. The molecule has 0 saturated carbocycles. The Morgan fingerprint density at radius 3 is 2.65 bits per heavy atom. The van der Waals surface area contributed by atoms with Gasteiger partial charge in [-0.3, -0.25) is 4.90 Å². The van der Waals surface area contributed by atoms with Gasteiger partial charge in [-0.2, -0.15) is 0 Å². The second-order valence-electron chi connectivity index (χ2n) is 5.04. The summed E-state index contributed by atoms with van der Waals surface area (Å²) in [7, 11) is 1.62. The molecule has 0 unspecified atom stereocenters. The Morgan fingerprint density at radius 2 is 2.15 bits per heavy atom. The third kappa shape index (κ3) is 4.74. The number of benzene rings is 1. The Labute approximate surface area is 126 Å². The summed E-state index contributed by atoms with van der Waals surface area (Å²) in [6.07, 6.45) is 0.778. The monoisotopic (exact) mass is 296 g/mol. The van der Waals surface area contributed by atoms with E-state index in [-0.39, 0.29) is 6.61 Å². The Hall–Kier alpha value is -1.17. The molecule has 0 saturated heterocycles. The van der Waals surface area contributed by atoms with Crippen molar-refractivity contribution in [2.24, 2.45) is 5.73 Å². The van der Waals surface area contributed by atoms with Gasteiger partial charge in [-0.15, -0.1) is 0 Å². The van der Waals surface area contributed by atoms with Gasteiger partial charge < -0.3 is 15.6 Å². The Morgan fingerprint density at radius 1 is 1.45 bits per heavy atom. The summed E-state index contributed by atoms with van der Waals surface area (Å²) in [6.45, 7) is 6.20. The number of aliphatic hydroxyl groups is 1. The van der Waals surface area contributed by atoms with Gasteiger partial charge in [0.05, 0.1) is 12.7 Å². The van der Waals surface area contributed by atoms with Crippen LogP contribution in [-0.2, 0) is 6.54 Å². The largest absolute Gasteiger partial charge is 0.496 e. The summed E-state index contributed by atoms with van der Waals surface area (Å²) in [5.74, 6) is 0.709. The molecule has 0 heterocycles. The summed E-state index contributed by atoms with van der Waals surface area (Å²) in [5.41, 5.74) is 7.58. The number of hydrogen-bond acceptors (Lipinski definition) is 4. The third-order valence-corrected chi connectivity index (χ3v) is 3.47. The van der Waals surface area contributed by atoms with Gasteiger partial charge in [-0.05, 0) is 38.0 Å². The molecular formula is C15H24N2O2S. The fourth-order valence-electron chi connectivity index (χ4n) is 2.07. The van der Waals surface area contributed by atoms with Gasteiger partial charge in [0.2, 0.25) is 0 Å². The lowest BCUT2D eigenvalue weighted by atomic mass is 10.1. The maximum Gasteiger partial charge on any atom is 0.129 e. The SMILES string of the molecule is COc1cc(CN(CCCO)C(C)C)ccc1C(N)=S. The first kappa shape index (κ1) is 16.9. The zero-order valence-electron chi connectivity index (χ0n) is 12.4. The molecule has 0 amide bonds. The maximum atomic E-state index is 8.97. The van der Waals surface area contributed by atoms with E-state index < -0.39 is 0 Å². The number of aliphatic hydroxyl groups excluding tert-OH is 1. The van der Waals surface area contributed by atoms with Gasteiger partial charge in [-0.1, -0.05) is 18.3 Å². The average molecular weight is 296 g/mol. The molecule has 112 valence electrons. The summed E-state index contributed by atoms with van der Waals surface area (Å²) >= 11 is 5.01. The van der Waals surface area contributed by atoms with Crippen molar-refractivity contribution in [2.45, 2.75) is 32.9 Å². The van der Waals surface area contributed by atoms with Crippen LogP contribution in [0.15, 0.2) is 18.2 Å². The Bertz CT molecular complexity index is 449. The molecule has 0 radical (unpaired) electrons. The minimum absolute atomic E-state index is 0.215. The number of thiocarbonyl (C=S) groups is 1. The number of hydrogen-bond donors (Lipinski definition) is 2. The van der Waals surface area contributed by atoms with Crippen LogP contribution in [0.25, 0.3) is 0 Å². The van der Waals surface area contributed by atoms with E-state index in [9.17, 15) is 0 Å². The molecule has 3 N–H and O–H groups in total. The lowest BCUT2D eigenvalue weighted by Gasteiger charge is -2.26. The van der Waals surface area contributed by atoms with Gasteiger partial charge in [0.1, 0.15) is 10.7 Å². The van der Waals surface area contributed by atoms with Crippen molar-refractivity contribution in [3.8, 4) is 5.75 Å². The highest BCUT2D eigenvalue weighted by Gasteiger charge is 2.12. The number of methoxy groups -OCH3 is 1. The Balaban J connectivity index is 2.87. The normalized spacial score (nSPS) is 11.1. The topological polar surface area (TPSA) is 58.7 Å². The van der Waals surface area contributed by atoms with Crippen LogP contribution in [0.1, 0.15) is 31.4 Å². The average Bonchev–Trinajstić information content (AvgIpc) is 2.42. The van der Waals surface area contributed by atoms with E-state index in [2.05, 4.69) is 18.7 Å². The molecule has 4 nitrogen and oxygen atoms in total. The van der Waals surface area contributed by atoms with Gasteiger partial charge in [0.15, 0.2) is 0 Å². The Kier molecular flexibility index (Phi) is 6.91. The van der Waals surface area contributed by atoms with Crippen molar-refractivity contribution in [3.63, 3.8) is 0 Å². The quantitative estimate of drug-likeness (QED) is 0.718. The van der Waals surface area contributed by atoms with Gasteiger partial charge in [-0.25, -0.2) is 0 Å². The molecule has 20 heavy (non-hydrogen) atoms. The van der Waals surface area contributed by atoms with E-state index >= 15 is 0 Å². The molecule has 1 rings (SSSR count). The second kappa shape index (κ2) is 8.19. The molecular weight excluding hydrogens is 272 g/mol. The predicted molar refractivity (Wildman–Crippen MR) is 86.1 cm³/mol. The lowest BCUT2D eigenvalue weighted by Crippen LogP contribution is -2.31. The highest BCUT2D eigenvalue weighted by molar-refractivity contribution is 7.80. The molecule has 0 aliphatic rings. The van der Waals surface area contributed by atoms with Crippen molar-refractivity contribution in [2.75, 3.05) is 20.3 Å². The second-order valence-corrected chi connectivity index (χ2v) is 5.48. The molecule has 1 aromatic rings. The highest BCUT2D eigenvalue weighted by Crippen LogP contribution is 2.21. The van der Waals surface area contributed by atoms with E-state index in [1.54, 1.807) is 7.11 Å². The number of rotatable bonds is 8. The van der Waals surface area contributed by atoms with E-state index in [0.717, 1.165) is 30.6 Å². The predicted octanol–water partition coefficient (Wildman–Crippen LogP) is 1.92. The van der Waals surface area contributed by atoms with Crippen molar-refractivity contribution in [3.05, 3.63) is 29.3 Å². The summed E-state index contributed by atoms with van der Waals surface area (Å²) < 4.78 is 5.34. The van der Waals surface area contributed by atoms with Crippen LogP contribution in [0.3, 0.4) is 0 Å². The van der Waals surface area contributed by atoms with E-state index in [1.807, 2.05) is 18.2 Å². The molecule has 1 aromatic carbocycles. The number of ether oxygens (including phenoxy) is 1. The molecule has 0 bridgehead atoms. The molecule has 0 atom stereocenters. The van der Waals surface area contributed by atoms with Crippen LogP contribution < -0.4 is 10.5 Å². The zero-order valence-corrected chi connectivity index (χ0v) is 13.2. The summed E-state index contributed by atoms with van der Waals surface area (Å²) in [6, 6.07) is 6.32. The molecule has 5 heteroatoms. The molecule has 0 aliphatic heterocycles. The van der Waals surface area contributed by atoms with Crippen LogP contribution in [-0.4, -0.2) is 41.3 Å². The molecule has 0 spiro atoms. The standard InChI is InChI=1S/C15H24N2O2S/c1-11(2)17(7-4-8-18)10-12-5-6-13(15(16)20)14(9-12)19-3/h5-6,9,11,18H,4,7-8,10H2,1-3H3,(H2,16,20). The van der Waals surface area contributed by atoms with E-state index in [4.69, 9.17) is 27.8 Å². The first-order valence-corrected chi connectivity index (χ1v) is 7.22. The summed E-state index contributed by atoms with van der Waals surface area (Å²) in [4.78, 5) is 2.65. The highest BCUT2D eigenvalue weighted by atomic mass is 32.1. The van der Waals surface area contributed by atoms with Gasteiger partial charge in [0, 0.05) is 25.7 Å². The number of nitrogens with zero attached hydrogens (tertiary/aromatic N) is 1. The molecule has 0 aromatic heterocycles. The molecule has 0 aliphatic carbocycles. The van der Waals surface area contributed by atoms with Crippen LogP contribution >= 0.6 is 12.2 Å². The van der Waals surface area contributed by atoms with Crippen molar-refractivity contribution in [1.29, 1.82) is 0 Å². The maximum absolute atomic E-state index is 8.97. The van der Waals surface area contributed by atoms with Crippen LogP contribution in [0.5, 0.6) is 5.75 Å². The fraction of sp³-hybridized carbons (Fsp3) is 0.533. The number of nitrogens with two attached hydrogens (primary N) is 1. The molecule has 0 fully saturated rings. The van der Waals surface area contributed by atoms with Crippen LogP contribution in [0.2, 0.25) is 0 Å². The fourth-order valence-corrected chi connectivity index (χ4v) is 2.23. The first-order chi connectivity index (χ1) is 9.49. The third-order valence-electron chi connectivity index (χ3n) is 3.25.